The van der Waals surface area contributed by atoms with Gasteiger partial charge in [0.15, 0.2) is 5.82 Å². The molecule has 2 atom stereocenters. The molecular formula is C25H29ClF4N4O2. The highest BCUT2D eigenvalue weighted by atomic mass is 35.5. The minimum atomic E-state index is -4.43. The molecule has 1 aliphatic carbocycles. The number of halogens is 5. The third kappa shape index (κ3) is 5.98. The Hall–Kier alpha value is -2.72. The lowest BCUT2D eigenvalue weighted by Crippen LogP contribution is -2.43. The zero-order chi connectivity index (χ0) is 26.7. The fraction of sp³-hybridized carbons (Fsp3) is 0.480. The largest absolute Gasteiger partial charge is 0.395 e. The lowest BCUT2D eigenvalue weighted by atomic mass is 9.80. The molecule has 1 aromatic carbocycles. The number of likely N-dealkylation sites (N-methyl/N-ethyl adjacent to an activating group) is 1. The molecule has 2 amide bonds. The van der Waals surface area contributed by atoms with E-state index in [1.807, 2.05) is 0 Å². The number of nitrogens with zero attached hydrogens (tertiary/aromatic N) is 2. The van der Waals surface area contributed by atoms with Crippen LogP contribution in [0.1, 0.15) is 46.7 Å². The Kier molecular flexibility index (Phi) is 8.61. The zero-order valence-corrected chi connectivity index (χ0v) is 21.0. The molecule has 0 saturated heterocycles. The second-order valence-corrected chi connectivity index (χ2v) is 9.68. The number of aromatic nitrogens is 1. The summed E-state index contributed by atoms with van der Waals surface area (Å²) in [6.07, 6.45) is -1.71. The summed E-state index contributed by atoms with van der Waals surface area (Å²) in [7, 11) is 4.91. The van der Waals surface area contributed by atoms with Crippen LogP contribution in [0.15, 0.2) is 36.7 Å². The lowest BCUT2D eigenvalue weighted by molar-refractivity contribution is -0.194. The van der Waals surface area contributed by atoms with Crippen molar-refractivity contribution in [3.05, 3.63) is 64.2 Å². The quantitative estimate of drug-likeness (QED) is 0.450. The number of hydrogen-bond acceptors (Lipinski definition) is 4. The first-order chi connectivity index (χ1) is 16.9. The molecule has 3 rings (SSSR count). The molecule has 6 nitrogen and oxygen atoms in total. The van der Waals surface area contributed by atoms with E-state index in [4.69, 9.17) is 11.6 Å². The molecule has 1 fully saturated rings. The third-order valence-corrected chi connectivity index (χ3v) is 7.26. The predicted molar refractivity (Wildman–Crippen MR) is 128 cm³/mol. The Bertz CT molecular complexity index is 1090. The Balaban J connectivity index is 1.71. The standard InChI is InChI=1S/C25H29ClF4N4O2/c1-31-23(36)18-7-6-15(21(26)22(18)27)11-17(34(2)3)14-33-20(35)12-19(16-5-4-10-32-13-16)24(8-9-24)25(28,29)30/h4-7,10,13,17,19H,8-9,11-12,14H2,1-3H3,(H,31,36)(H,33,35)/t17-,19-/m0/s1. The third-order valence-electron chi connectivity index (χ3n) is 6.85. The van der Waals surface area contributed by atoms with Crippen LogP contribution in [0.25, 0.3) is 0 Å². The van der Waals surface area contributed by atoms with Gasteiger partial charge in [-0.2, -0.15) is 13.2 Å². The van der Waals surface area contributed by atoms with Crippen molar-refractivity contribution in [1.29, 1.82) is 0 Å². The molecule has 0 radical (unpaired) electrons. The number of carbonyl (C=O) groups excluding carboxylic acids is 2. The molecule has 1 heterocycles. The summed E-state index contributed by atoms with van der Waals surface area (Å²) in [5.74, 6) is -2.99. The summed E-state index contributed by atoms with van der Waals surface area (Å²) < 4.78 is 56.3. The van der Waals surface area contributed by atoms with E-state index in [9.17, 15) is 27.2 Å². The molecule has 1 aromatic heterocycles. The van der Waals surface area contributed by atoms with Crippen molar-refractivity contribution in [2.24, 2.45) is 5.41 Å². The minimum absolute atomic E-state index is 0.0280. The fourth-order valence-electron chi connectivity index (χ4n) is 4.42. The Morgan fingerprint density at radius 2 is 1.92 bits per heavy atom. The van der Waals surface area contributed by atoms with Gasteiger partial charge in [-0.1, -0.05) is 23.7 Å². The molecule has 196 valence electrons. The number of rotatable bonds is 10. The summed E-state index contributed by atoms with van der Waals surface area (Å²) in [6, 6.07) is 5.69. The van der Waals surface area contributed by atoms with E-state index in [-0.39, 0.29) is 48.9 Å². The van der Waals surface area contributed by atoms with Crippen LogP contribution < -0.4 is 10.6 Å². The summed E-state index contributed by atoms with van der Waals surface area (Å²) >= 11 is 6.17. The summed E-state index contributed by atoms with van der Waals surface area (Å²) in [4.78, 5) is 30.4. The molecule has 2 aromatic rings. The first kappa shape index (κ1) is 27.9. The summed E-state index contributed by atoms with van der Waals surface area (Å²) in [5.41, 5.74) is -1.28. The highest BCUT2D eigenvalue weighted by molar-refractivity contribution is 6.32. The second-order valence-electron chi connectivity index (χ2n) is 9.30. The van der Waals surface area contributed by atoms with Crippen LogP contribution in [0.3, 0.4) is 0 Å². The fourth-order valence-corrected chi connectivity index (χ4v) is 4.66. The maximum absolute atomic E-state index is 14.6. The Labute approximate surface area is 212 Å². The first-order valence-electron chi connectivity index (χ1n) is 11.5. The summed E-state index contributed by atoms with van der Waals surface area (Å²) in [5, 5.41) is 4.90. The topological polar surface area (TPSA) is 74.3 Å². The summed E-state index contributed by atoms with van der Waals surface area (Å²) in [6.45, 7) is 0.111. The molecule has 0 unspecified atom stereocenters. The van der Waals surface area contributed by atoms with Crippen molar-refractivity contribution < 1.29 is 27.2 Å². The van der Waals surface area contributed by atoms with Gasteiger partial charge < -0.3 is 15.5 Å². The van der Waals surface area contributed by atoms with Crippen LogP contribution in [0.5, 0.6) is 0 Å². The van der Waals surface area contributed by atoms with E-state index in [0.29, 0.717) is 11.1 Å². The van der Waals surface area contributed by atoms with Crippen LogP contribution >= 0.6 is 11.6 Å². The van der Waals surface area contributed by atoms with Crippen molar-refractivity contribution in [2.45, 2.75) is 43.8 Å². The van der Waals surface area contributed by atoms with Gasteiger partial charge in [0.25, 0.3) is 5.91 Å². The van der Waals surface area contributed by atoms with Gasteiger partial charge in [-0.3, -0.25) is 14.6 Å². The predicted octanol–water partition coefficient (Wildman–Crippen LogP) is 4.34. The molecule has 2 N–H and O–H groups in total. The number of hydrogen-bond donors (Lipinski definition) is 2. The van der Waals surface area contributed by atoms with E-state index < -0.39 is 35.1 Å². The Morgan fingerprint density at radius 3 is 2.44 bits per heavy atom. The maximum Gasteiger partial charge on any atom is 0.395 e. The average molecular weight is 529 g/mol. The molecule has 11 heteroatoms. The minimum Gasteiger partial charge on any atom is -0.355 e. The number of alkyl halides is 3. The zero-order valence-electron chi connectivity index (χ0n) is 20.3. The van der Waals surface area contributed by atoms with E-state index in [1.54, 1.807) is 37.2 Å². The van der Waals surface area contributed by atoms with Gasteiger partial charge in [0.1, 0.15) is 0 Å². The van der Waals surface area contributed by atoms with Gasteiger partial charge in [0.05, 0.1) is 16.0 Å². The smallest absolute Gasteiger partial charge is 0.355 e. The van der Waals surface area contributed by atoms with Crippen molar-refractivity contribution in [1.82, 2.24) is 20.5 Å². The molecular weight excluding hydrogens is 500 g/mol. The number of nitrogens with one attached hydrogen (secondary N) is 2. The molecule has 0 spiro atoms. The van der Waals surface area contributed by atoms with Gasteiger partial charge in [0.2, 0.25) is 5.91 Å². The van der Waals surface area contributed by atoms with E-state index in [1.165, 1.54) is 25.5 Å². The van der Waals surface area contributed by atoms with Crippen molar-refractivity contribution in [3.63, 3.8) is 0 Å². The second kappa shape index (κ2) is 11.1. The molecule has 0 aliphatic heterocycles. The van der Waals surface area contributed by atoms with Gasteiger partial charge in [0, 0.05) is 44.4 Å². The number of pyridine rings is 1. The van der Waals surface area contributed by atoms with Gasteiger partial charge >= 0.3 is 6.18 Å². The molecule has 1 aliphatic rings. The van der Waals surface area contributed by atoms with Crippen molar-refractivity contribution >= 4 is 23.4 Å². The molecule has 0 bridgehead atoms. The van der Waals surface area contributed by atoms with Crippen molar-refractivity contribution in [2.75, 3.05) is 27.7 Å². The lowest BCUT2D eigenvalue weighted by Gasteiger charge is -2.30. The van der Waals surface area contributed by atoms with E-state index >= 15 is 0 Å². The highest BCUT2D eigenvalue weighted by Crippen LogP contribution is 2.66. The number of amides is 2. The normalized spacial score (nSPS) is 16.4. The van der Waals surface area contributed by atoms with Crippen LogP contribution in [0, 0.1) is 11.2 Å². The molecule has 36 heavy (non-hydrogen) atoms. The SMILES string of the molecule is CNC(=O)c1ccc(C[C@@H](CNC(=O)C[C@@H](c2cccnc2)C2(C(F)(F)F)CC2)N(C)C)c(Cl)c1F. The highest BCUT2D eigenvalue weighted by Gasteiger charge is 2.67. The van der Waals surface area contributed by atoms with Crippen LogP contribution in [-0.2, 0) is 11.2 Å². The van der Waals surface area contributed by atoms with Crippen LogP contribution in [0.4, 0.5) is 17.6 Å². The monoisotopic (exact) mass is 528 g/mol. The van der Waals surface area contributed by atoms with Crippen LogP contribution in [-0.4, -0.2) is 61.6 Å². The van der Waals surface area contributed by atoms with Gasteiger partial charge in [-0.15, -0.1) is 0 Å². The van der Waals surface area contributed by atoms with Crippen molar-refractivity contribution in [3.8, 4) is 0 Å². The van der Waals surface area contributed by atoms with E-state index in [0.717, 1.165) is 0 Å². The van der Waals surface area contributed by atoms with Crippen LogP contribution in [0.2, 0.25) is 5.02 Å². The maximum atomic E-state index is 14.6. The van der Waals surface area contributed by atoms with Gasteiger partial charge in [-0.05, 0) is 56.6 Å². The average Bonchev–Trinajstić information content (AvgIpc) is 3.65. The number of benzene rings is 1. The van der Waals surface area contributed by atoms with E-state index in [2.05, 4.69) is 15.6 Å². The molecule has 1 saturated carbocycles. The van der Waals surface area contributed by atoms with Gasteiger partial charge in [-0.25, -0.2) is 4.39 Å². The number of carbonyl (C=O) groups is 2. The Morgan fingerprint density at radius 1 is 1.22 bits per heavy atom. The first-order valence-corrected chi connectivity index (χ1v) is 11.9.